The second-order valence-corrected chi connectivity index (χ2v) is 10.1. The summed E-state index contributed by atoms with van der Waals surface area (Å²) in [5, 5.41) is 1.12. The molecule has 0 N–H and O–H groups in total. The largest absolute Gasteiger partial charge is 0.494 e. The third-order valence-corrected chi connectivity index (χ3v) is 7.25. The van der Waals surface area contributed by atoms with Gasteiger partial charge in [-0.05, 0) is 49.2 Å². The van der Waals surface area contributed by atoms with Gasteiger partial charge in [0.25, 0.3) is 5.91 Å². The number of aryl methyl sites for hydroxylation is 2. The van der Waals surface area contributed by atoms with Crippen LogP contribution in [0.25, 0.3) is 17.0 Å². The number of ether oxygens (including phenoxy) is 1. The van der Waals surface area contributed by atoms with Crippen LogP contribution in [0, 0.1) is 6.92 Å². The lowest BCUT2D eigenvalue weighted by Gasteiger charge is -2.13. The van der Waals surface area contributed by atoms with Crippen LogP contribution in [0.2, 0.25) is 0 Å². The monoisotopic (exact) mass is 499 g/mol. The van der Waals surface area contributed by atoms with E-state index in [1.807, 2.05) is 42.5 Å². The van der Waals surface area contributed by atoms with E-state index in [1.54, 1.807) is 17.3 Å². The summed E-state index contributed by atoms with van der Waals surface area (Å²) >= 11 is 6.87. The number of benzene rings is 2. The predicted molar refractivity (Wildman–Crippen MR) is 146 cm³/mol. The molecular weight excluding hydrogens is 474 g/mol. The Bertz CT molecular complexity index is 1400. The molecule has 4 aromatic rings. The van der Waals surface area contributed by atoms with Crippen molar-refractivity contribution in [2.75, 3.05) is 6.61 Å². The Hall–Kier alpha value is -3.42. The minimum atomic E-state index is -0.0628. The van der Waals surface area contributed by atoms with E-state index in [0.29, 0.717) is 22.4 Å². The van der Waals surface area contributed by atoms with E-state index in [1.165, 1.54) is 17.3 Å². The molecule has 3 heterocycles. The van der Waals surface area contributed by atoms with Crippen LogP contribution in [0.15, 0.2) is 84.2 Å². The SMILES string of the molecule is Cc1ccc(OCCCn2cc(/C=C3\SC(=S)N(Cc4cccnc4)C3=O)c3ccccc32)cc1. The van der Waals surface area contributed by atoms with Gasteiger partial charge in [-0.1, -0.05) is 65.9 Å². The van der Waals surface area contributed by atoms with Crippen LogP contribution in [0.5, 0.6) is 5.75 Å². The molecule has 0 bridgehead atoms. The Morgan fingerprint density at radius 1 is 1.09 bits per heavy atom. The number of aromatic nitrogens is 2. The first-order valence-corrected chi connectivity index (χ1v) is 12.7. The van der Waals surface area contributed by atoms with Crippen molar-refractivity contribution in [2.24, 2.45) is 0 Å². The first kappa shape index (κ1) is 23.3. The number of carbonyl (C=O) groups is 1. The fourth-order valence-corrected chi connectivity index (χ4v) is 5.33. The summed E-state index contributed by atoms with van der Waals surface area (Å²) in [5.74, 6) is 0.828. The number of thiocarbonyl (C=S) groups is 1. The van der Waals surface area contributed by atoms with Crippen molar-refractivity contribution in [3.8, 4) is 5.75 Å². The van der Waals surface area contributed by atoms with Crippen LogP contribution in [-0.2, 0) is 17.9 Å². The zero-order valence-corrected chi connectivity index (χ0v) is 21.0. The van der Waals surface area contributed by atoms with Gasteiger partial charge in [0.15, 0.2) is 0 Å². The molecule has 5 nitrogen and oxygen atoms in total. The number of hydrogen-bond donors (Lipinski definition) is 0. The van der Waals surface area contributed by atoms with Crippen LogP contribution in [0.3, 0.4) is 0 Å². The summed E-state index contributed by atoms with van der Waals surface area (Å²) in [6.45, 7) is 3.95. The highest BCUT2D eigenvalue weighted by molar-refractivity contribution is 8.26. The number of pyridine rings is 1. The van der Waals surface area contributed by atoms with Gasteiger partial charge in [0.05, 0.1) is 18.1 Å². The van der Waals surface area contributed by atoms with Crippen LogP contribution < -0.4 is 4.74 Å². The Labute approximate surface area is 214 Å². The van der Waals surface area contributed by atoms with Crippen molar-refractivity contribution in [2.45, 2.75) is 26.4 Å². The summed E-state index contributed by atoms with van der Waals surface area (Å²) < 4.78 is 8.70. The highest BCUT2D eigenvalue weighted by Gasteiger charge is 2.32. The van der Waals surface area contributed by atoms with Gasteiger partial charge in [-0.2, -0.15) is 0 Å². The van der Waals surface area contributed by atoms with Gasteiger partial charge >= 0.3 is 0 Å². The van der Waals surface area contributed by atoms with Crippen LogP contribution >= 0.6 is 24.0 Å². The predicted octanol–water partition coefficient (Wildman–Crippen LogP) is 6.22. The molecule has 176 valence electrons. The maximum absolute atomic E-state index is 13.1. The summed E-state index contributed by atoms with van der Waals surface area (Å²) in [6, 6.07) is 20.2. The average Bonchev–Trinajstić information content (AvgIpc) is 3.35. The number of carbonyl (C=O) groups excluding carboxylic acids is 1. The second kappa shape index (κ2) is 10.5. The van der Waals surface area contributed by atoms with Crippen LogP contribution in [0.1, 0.15) is 23.1 Å². The highest BCUT2D eigenvalue weighted by atomic mass is 32.2. The molecule has 0 unspecified atom stereocenters. The Balaban J connectivity index is 1.31. The number of para-hydroxylation sites is 1. The van der Waals surface area contributed by atoms with Crippen molar-refractivity contribution in [1.29, 1.82) is 0 Å². The van der Waals surface area contributed by atoms with Gasteiger partial charge in [-0.25, -0.2) is 0 Å². The fraction of sp³-hybridized carbons (Fsp3) is 0.179. The Morgan fingerprint density at radius 2 is 1.91 bits per heavy atom. The van der Waals surface area contributed by atoms with Crippen molar-refractivity contribution in [1.82, 2.24) is 14.5 Å². The quantitative estimate of drug-likeness (QED) is 0.164. The maximum Gasteiger partial charge on any atom is 0.266 e. The van der Waals surface area contributed by atoms with E-state index < -0.39 is 0 Å². The smallest absolute Gasteiger partial charge is 0.266 e. The molecule has 0 radical (unpaired) electrons. The number of hydrogen-bond acceptors (Lipinski definition) is 5. The first-order valence-electron chi connectivity index (χ1n) is 11.5. The fourth-order valence-electron chi connectivity index (χ4n) is 4.09. The molecule has 0 saturated carbocycles. The Kier molecular flexibility index (Phi) is 6.97. The number of rotatable bonds is 8. The molecule has 35 heavy (non-hydrogen) atoms. The second-order valence-electron chi connectivity index (χ2n) is 8.44. The molecule has 1 aliphatic heterocycles. The van der Waals surface area contributed by atoms with Crippen molar-refractivity contribution >= 4 is 51.2 Å². The summed E-state index contributed by atoms with van der Waals surface area (Å²) in [7, 11) is 0. The zero-order chi connectivity index (χ0) is 24.2. The molecule has 1 saturated heterocycles. The third-order valence-electron chi connectivity index (χ3n) is 5.88. The lowest BCUT2D eigenvalue weighted by atomic mass is 10.1. The van der Waals surface area contributed by atoms with Crippen LogP contribution in [0.4, 0.5) is 0 Å². The molecular formula is C28H25N3O2S2. The number of fused-ring (bicyclic) bond motifs is 1. The molecule has 5 rings (SSSR count). The van der Waals surface area contributed by atoms with E-state index >= 15 is 0 Å². The van der Waals surface area contributed by atoms with E-state index in [4.69, 9.17) is 17.0 Å². The van der Waals surface area contributed by atoms with E-state index in [-0.39, 0.29) is 5.91 Å². The normalized spacial score (nSPS) is 14.9. The van der Waals surface area contributed by atoms with Gasteiger partial charge in [-0.15, -0.1) is 0 Å². The Morgan fingerprint density at radius 3 is 2.71 bits per heavy atom. The number of nitrogens with zero attached hydrogens (tertiary/aromatic N) is 3. The lowest BCUT2D eigenvalue weighted by molar-refractivity contribution is -0.122. The minimum Gasteiger partial charge on any atom is -0.494 e. The lowest BCUT2D eigenvalue weighted by Crippen LogP contribution is -2.27. The summed E-state index contributed by atoms with van der Waals surface area (Å²) in [5.41, 5.74) is 4.33. The van der Waals surface area contributed by atoms with E-state index in [9.17, 15) is 4.79 Å². The molecule has 0 atom stereocenters. The molecule has 7 heteroatoms. The average molecular weight is 500 g/mol. The molecule has 1 aliphatic rings. The number of amides is 1. The summed E-state index contributed by atoms with van der Waals surface area (Å²) in [6.07, 6.45) is 8.43. The maximum atomic E-state index is 13.1. The van der Waals surface area contributed by atoms with Gasteiger partial charge in [0, 0.05) is 41.6 Å². The van der Waals surface area contributed by atoms with E-state index in [2.05, 4.69) is 46.9 Å². The molecule has 0 spiro atoms. The van der Waals surface area contributed by atoms with Gasteiger partial charge in [-0.3, -0.25) is 14.7 Å². The molecule has 2 aromatic heterocycles. The summed E-state index contributed by atoms with van der Waals surface area (Å²) in [4.78, 5) is 19.6. The van der Waals surface area contributed by atoms with Crippen molar-refractivity contribution in [3.05, 3.63) is 101 Å². The van der Waals surface area contributed by atoms with Crippen LogP contribution in [-0.4, -0.2) is 31.3 Å². The van der Waals surface area contributed by atoms with Gasteiger partial charge in [0.1, 0.15) is 10.1 Å². The third kappa shape index (κ3) is 5.31. The van der Waals surface area contributed by atoms with Crippen molar-refractivity contribution in [3.63, 3.8) is 0 Å². The first-order chi connectivity index (χ1) is 17.1. The molecule has 1 amide bonds. The molecule has 0 aliphatic carbocycles. The molecule has 2 aromatic carbocycles. The minimum absolute atomic E-state index is 0.0628. The van der Waals surface area contributed by atoms with E-state index in [0.717, 1.165) is 40.7 Å². The standard InChI is InChI=1S/C28H25N3O2S2/c1-20-9-11-23(12-10-20)33-15-5-14-30-19-22(24-7-2-3-8-25(24)30)16-26-27(32)31(28(34)35-26)18-21-6-4-13-29-17-21/h2-4,6-13,16-17,19H,5,14-15,18H2,1H3/b26-16-. The van der Waals surface area contributed by atoms with Crippen molar-refractivity contribution < 1.29 is 9.53 Å². The topological polar surface area (TPSA) is 47.4 Å². The molecule has 1 fully saturated rings. The van der Waals surface area contributed by atoms with Gasteiger partial charge in [0.2, 0.25) is 0 Å². The number of thioether (sulfide) groups is 1. The van der Waals surface area contributed by atoms with Gasteiger partial charge < -0.3 is 9.30 Å². The highest BCUT2D eigenvalue weighted by Crippen LogP contribution is 2.35. The zero-order valence-electron chi connectivity index (χ0n) is 19.4.